The number of methoxy groups -OCH3 is 1. The number of ether oxygens (including phenoxy) is 1. The molecule has 178 valence electrons. The number of imidazole rings is 1. The average Bonchev–Trinajstić information content (AvgIpc) is 3.22. The minimum Gasteiger partial charge on any atom is -0.494 e. The number of pyridine rings is 1. The molecule has 0 saturated carbocycles. The SMILES string of the molecule is CN=C(NCc1cn2c(C)cccc2n1)NC1CCN(Cc2ccc(OC)c(F)c2)CC1.I. The van der Waals surface area contributed by atoms with Crippen molar-refractivity contribution in [3.05, 3.63) is 65.4 Å². The van der Waals surface area contributed by atoms with Crippen LogP contribution in [0.2, 0.25) is 0 Å². The van der Waals surface area contributed by atoms with Crippen LogP contribution in [0.3, 0.4) is 0 Å². The number of fused-ring (bicyclic) bond motifs is 1. The van der Waals surface area contributed by atoms with E-state index in [1.54, 1.807) is 19.2 Å². The second-order valence-corrected chi connectivity index (χ2v) is 8.22. The number of hydrogen-bond donors (Lipinski definition) is 2. The Morgan fingerprint density at radius 3 is 2.70 bits per heavy atom. The number of aliphatic imine (C=N–C) groups is 1. The summed E-state index contributed by atoms with van der Waals surface area (Å²) in [6.45, 7) is 5.34. The zero-order valence-corrected chi connectivity index (χ0v) is 21.7. The van der Waals surface area contributed by atoms with Crippen LogP contribution >= 0.6 is 24.0 Å². The molecule has 4 rings (SSSR count). The summed E-state index contributed by atoms with van der Waals surface area (Å²) >= 11 is 0. The highest BCUT2D eigenvalue weighted by Gasteiger charge is 2.20. The predicted octanol–water partition coefficient (Wildman–Crippen LogP) is 3.74. The van der Waals surface area contributed by atoms with Gasteiger partial charge in [-0.3, -0.25) is 9.89 Å². The number of benzene rings is 1. The molecule has 0 amide bonds. The van der Waals surface area contributed by atoms with Gasteiger partial charge in [0.05, 0.1) is 19.3 Å². The van der Waals surface area contributed by atoms with Gasteiger partial charge in [-0.2, -0.15) is 0 Å². The van der Waals surface area contributed by atoms with E-state index < -0.39 is 0 Å². The first-order valence-corrected chi connectivity index (χ1v) is 11.0. The molecule has 9 heteroatoms. The van der Waals surface area contributed by atoms with E-state index >= 15 is 0 Å². The zero-order chi connectivity index (χ0) is 22.5. The van der Waals surface area contributed by atoms with E-state index in [1.165, 1.54) is 7.11 Å². The smallest absolute Gasteiger partial charge is 0.191 e. The number of aryl methyl sites for hydroxylation is 1. The van der Waals surface area contributed by atoms with E-state index in [2.05, 4.69) is 49.1 Å². The van der Waals surface area contributed by atoms with Crippen LogP contribution in [-0.2, 0) is 13.1 Å². The second kappa shape index (κ2) is 11.6. The molecule has 1 fully saturated rings. The van der Waals surface area contributed by atoms with Gasteiger partial charge in [-0.25, -0.2) is 9.37 Å². The Kier molecular flexibility index (Phi) is 8.90. The van der Waals surface area contributed by atoms with Gasteiger partial charge in [0.2, 0.25) is 0 Å². The zero-order valence-electron chi connectivity index (χ0n) is 19.3. The predicted molar refractivity (Wildman–Crippen MR) is 140 cm³/mol. The van der Waals surface area contributed by atoms with E-state index in [0.717, 1.165) is 61.0 Å². The summed E-state index contributed by atoms with van der Waals surface area (Å²) in [5, 5.41) is 6.91. The van der Waals surface area contributed by atoms with Crippen LogP contribution < -0.4 is 15.4 Å². The number of aromatic nitrogens is 2. The number of nitrogens with zero attached hydrogens (tertiary/aromatic N) is 4. The Bertz CT molecular complexity index is 1090. The average molecular weight is 566 g/mol. The van der Waals surface area contributed by atoms with E-state index in [0.29, 0.717) is 12.6 Å². The highest BCUT2D eigenvalue weighted by Crippen LogP contribution is 2.20. The number of nitrogens with one attached hydrogen (secondary N) is 2. The van der Waals surface area contributed by atoms with Crippen molar-refractivity contribution in [1.29, 1.82) is 0 Å². The Hall–Kier alpha value is -2.40. The van der Waals surface area contributed by atoms with Crippen molar-refractivity contribution in [2.75, 3.05) is 27.2 Å². The highest BCUT2D eigenvalue weighted by atomic mass is 127. The van der Waals surface area contributed by atoms with Gasteiger partial charge >= 0.3 is 0 Å². The summed E-state index contributed by atoms with van der Waals surface area (Å²) < 4.78 is 21.0. The third kappa shape index (κ3) is 6.35. The molecule has 1 aliphatic rings. The molecule has 3 heterocycles. The normalized spacial score (nSPS) is 15.3. The van der Waals surface area contributed by atoms with Crippen LogP contribution in [0.15, 0.2) is 47.6 Å². The first-order chi connectivity index (χ1) is 15.6. The maximum atomic E-state index is 13.9. The molecule has 0 bridgehead atoms. The highest BCUT2D eigenvalue weighted by molar-refractivity contribution is 14.0. The van der Waals surface area contributed by atoms with Crippen molar-refractivity contribution in [3.63, 3.8) is 0 Å². The summed E-state index contributed by atoms with van der Waals surface area (Å²) in [5.74, 6) is 0.765. The maximum absolute atomic E-state index is 13.9. The molecular formula is C24H32FIN6O. The number of likely N-dealkylation sites (tertiary alicyclic amines) is 1. The number of halogens is 2. The quantitative estimate of drug-likeness (QED) is 0.271. The molecule has 0 radical (unpaired) electrons. The van der Waals surface area contributed by atoms with Gasteiger partial charge in [0.25, 0.3) is 0 Å². The molecule has 1 aliphatic heterocycles. The Labute approximate surface area is 211 Å². The van der Waals surface area contributed by atoms with Gasteiger partial charge in [0.1, 0.15) is 5.65 Å². The van der Waals surface area contributed by atoms with E-state index in [-0.39, 0.29) is 35.5 Å². The van der Waals surface area contributed by atoms with Gasteiger partial charge < -0.3 is 19.8 Å². The maximum Gasteiger partial charge on any atom is 0.191 e. The lowest BCUT2D eigenvalue weighted by Crippen LogP contribution is -2.48. The third-order valence-corrected chi connectivity index (χ3v) is 5.96. The van der Waals surface area contributed by atoms with Crippen molar-refractivity contribution in [2.45, 2.75) is 38.9 Å². The van der Waals surface area contributed by atoms with Crippen molar-refractivity contribution in [3.8, 4) is 5.75 Å². The Balaban J connectivity index is 0.00000306. The molecule has 33 heavy (non-hydrogen) atoms. The molecule has 1 saturated heterocycles. The van der Waals surface area contributed by atoms with Crippen LogP contribution in [-0.4, -0.2) is 53.5 Å². The fourth-order valence-electron chi connectivity index (χ4n) is 4.15. The molecule has 2 aromatic heterocycles. The number of hydrogen-bond acceptors (Lipinski definition) is 4. The summed E-state index contributed by atoms with van der Waals surface area (Å²) in [5.41, 5.74) is 4.06. The molecule has 7 nitrogen and oxygen atoms in total. The minimum absolute atomic E-state index is 0. The molecule has 0 spiro atoms. The van der Waals surface area contributed by atoms with Crippen molar-refractivity contribution in [1.82, 2.24) is 24.9 Å². The first-order valence-electron chi connectivity index (χ1n) is 11.0. The third-order valence-electron chi connectivity index (χ3n) is 5.96. The van der Waals surface area contributed by atoms with Gasteiger partial charge in [-0.05, 0) is 49.6 Å². The Morgan fingerprint density at radius 1 is 1.24 bits per heavy atom. The van der Waals surface area contributed by atoms with Gasteiger partial charge in [0, 0.05) is 44.6 Å². The van der Waals surface area contributed by atoms with E-state index in [9.17, 15) is 4.39 Å². The molecule has 2 N–H and O–H groups in total. The number of guanidine groups is 1. The number of rotatable bonds is 6. The van der Waals surface area contributed by atoms with Crippen LogP contribution in [0.4, 0.5) is 4.39 Å². The van der Waals surface area contributed by atoms with Crippen LogP contribution in [0.5, 0.6) is 5.75 Å². The van der Waals surface area contributed by atoms with Gasteiger partial charge in [0.15, 0.2) is 17.5 Å². The van der Waals surface area contributed by atoms with Crippen molar-refractivity contribution >= 4 is 35.6 Å². The van der Waals surface area contributed by atoms with E-state index in [1.807, 2.05) is 18.2 Å². The molecule has 0 aliphatic carbocycles. The lowest BCUT2D eigenvalue weighted by atomic mass is 10.0. The number of piperidine rings is 1. The molecular weight excluding hydrogens is 534 g/mol. The summed E-state index contributed by atoms with van der Waals surface area (Å²) in [6, 6.07) is 11.6. The van der Waals surface area contributed by atoms with Crippen LogP contribution in [0.25, 0.3) is 5.65 Å². The largest absolute Gasteiger partial charge is 0.494 e. The summed E-state index contributed by atoms with van der Waals surface area (Å²) in [7, 11) is 3.27. The first kappa shape index (κ1) is 25.2. The van der Waals surface area contributed by atoms with Gasteiger partial charge in [-0.15, -0.1) is 24.0 Å². The molecule has 1 aromatic carbocycles. The van der Waals surface area contributed by atoms with Crippen LogP contribution in [0, 0.1) is 12.7 Å². The van der Waals surface area contributed by atoms with E-state index in [4.69, 9.17) is 4.74 Å². The second-order valence-electron chi connectivity index (χ2n) is 8.22. The summed E-state index contributed by atoms with van der Waals surface area (Å²) in [4.78, 5) is 11.4. The standard InChI is InChI=1S/C24H31FN6O.HI/c1-17-5-4-6-23-28-20(16-31(17)23)14-27-24(26-2)29-19-9-11-30(12-10-19)15-18-7-8-22(32-3)21(25)13-18;/h4-8,13,16,19H,9-12,14-15H2,1-3H3,(H2,26,27,29);1H. The fourth-order valence-corrected chi connectivity index (χ4v) is 4.15. The molecule has 3 aromatic rings. The van der Waals surface area contributed by atoms with Gasteiger partial charge in [-0.1, -0.05) is 12.1 Å². The fraction of sp³-hybridized carbons (Fsp3) is 0.417. The monoisotopic (exact) mass is 566 g/mol. The lowest BCUT2D eigenvalue weighted by Gasteiger charge is -2.33. The topological polar surface area (TPSA) is 66.2 Å². The summed E-state index contributed by atoms with van der Waals surface area (Å²) in [6.07, 6.45) is 4.07. The lowest BCUT2D eigenvalue weighted by molar-refractivity contribution is 0.198. The minimum atomic E-state index is -0.308. The van der Waals surface area contributed by atoms with Crippen molar-refractivity contribution < 1.29 is 9.13 Å². The van der Waals surface area contributed by atoms with Crippen molar-refractivity contribution in [2.24, 2.45) is 4.99 Å². The van der Waals surface area contributed by atoms with Crippen LogP contribution in [0.1, 0.15) is 29.8 Å². The Morgan fingerprint density at radius 2 is 2.03 bits per heavy atom. The molecule has 0 atom stereocenters. The molecule has 0 unspecified atom stereocenters.